The lowest BCUT2D eigenvalue weighted by atomic mass is 10.0. The molecule has 8 nitrogen and oxygen atoms in total. The van der Waals surface area contributed by atoms with Gasteiger partial charge in [-0.25, -0.2) is 16.8 Å². The highest BCUT2D eigenvalue weighted by Gasteiger charge is 2.37. The van der Waals surface area contributed by atoms with Gasteiger partial charge in [0, 0.05) is 12.2 Å². The molecule has 0 unspecified atom stereocenters. The van der Waals surface area contributed by atoms with E-state index < -0.39 is 20.0 Å². The summed E-state index contributed by atoms with van der Waals surface area (Å²) in [5.74, 6) is -0.133. The molecule has 10 heteroatoms. The lowest BCUT2D eigenvalue weighted by Gasteiger charge is -2.31. The Balaban J connectivity index is 1.64. The van der Waals surface area contributed by atoms with Gasteiger partial charge in [0.15, 0.2) is 5.76 Å². The Morgan fingerprint density at radius 2 is 1.39 bits per heavy atom. The van der Waals surface area contributed by atoms with Crippen molar-refractivity contribution in [3.8, 4) is 0 Å². The summed E-state index contributed by atoms with van der Waals surface area (Å²) in [6.45, 7) is 0.459. The summed E-state index contributed by atoms with van der Waals surface area (Å²) in [4.78, 5) is 14.2. The average Bonchev–Trinajstić information content (AvgIpc) is 3.44. The molecular formula is C26H22N2O6S2. The molecule has 1 aliphatic heterocycles. The Hall–Kier alpha value is -3.89. The number of hydrogen-bond donors (Lipinski definition) is 0. The zero-order valence-electron chi connectivity index (χ0n) is 19.0. The van der Waals surface area contributed by atoms with Crippen molar-refractivity contribution in [3.63, 3.8) is 0 Å². The normalized spacial score (nSPS) is 13.7. The van der Waals surface area contributed by atoms with E-state index in [-0.39, 0.29) is 27.1 Å². The van der Waals surface area contributed by atoms with Gasteiger partial charge >= 0.3 is 0 Å². The van der Waals surface area contributed by atoms with E-state index in [0.29, 0.717) is 34.3 Å². The topological polar surface area (TPSA) is 105 Å². The molecule has 36 heavy (non-hydrogen) atoms. The summed E-state index contributed by atoms with van der Waals surface area (Å²) in [5, 5.41) is 0. The van der Waals surface area contributed by atoms with Crippen LogP contribution in [0.3, 0.4) is 0 Å². The van der Waals surface area contributed by atoms with E-state index in [1.807, 2.05) is 0 Å². The molecule has 3 aromatic carbocycles. The van der Waals surface area contributed by atoms with E-state index in [4.69, 9.17) is 4.42 Å². The molecule has 0 radical (unpaired) electrons. The summed E-state index contributed by atoms with van der Waals surface area (Å²) < 4.78 is 60.6. The summed E-state index contributed by atoms with van der Waals surface area (Å²) in [6, 6.07) is 22.6. The molecule has 5 rings (SSSR count). The van der Waals surface area contributed by atoms with Crippen molar-refractivity contribution in [1.29, 1.82) is 0 Å². The Morgan fingerprint density at radius 3 is 1.94 bits per heavy atom. The van der Waals surface area contributed by atoms with Gasteiger partial charge < -0.3 is 9.32 Å². The summed E-state index contributed by atoms with van der Waals surface area (Å²) in [7, 11) is -9.00. The van der Waals surface area contributed by atoms with Crippen LogP contribution in [0, 0.1) is 0 Å². The molecule has 184 valence electrons. The Bertz CT molecular complexity index is 1530. The highest BCUT2D eigenvalue weighted by molar-refractivity contribution is 8.10. The molecule has 0 saturated carbocycles. The number of anilines is 2. The number of hydrogen-bond acceptors (Lipinski definition) is 6. The Morgan fingerprint density at radius 1 is 0.778 bits per heavy atom. The first-order valence-electron chi connectivity index (χ1n) is 11.2. The van der Waals surface area contributed by atoms with Gasteiger partial charge in [-0.1, -0.05) is 36.4 Å². The maximum atomic E-state index is 13.7. The van der Waals surface area contributed by atoms with Gasteiger partial charge in [0.1, 0.15) is 0 Å². The third-order valence-corrected chi connectivity index (χ3v) is 10.1. The van der Waals surface area contributed by atoms with E-state index in [1.54, 1.807) is 35.2 Å². The first kappa shape index (κ1) is 23.8. The fourth-order valence-electron chi connectivity index (χ4n) is 4.22. The first-order chi connectivity index (χ1) is 17.3. The molecular weight excluding hydrogens is 500 g/mol. The highest BCUT2D eigenvalue weighted by Crippen LogP contribution is 2.36. The number of benzene rings is 3. The molecule has 0 saturated heterocycles. The predicted octanol–water partition coefficient (Wildman–Crippen LogP) is 4.46. The molecule has 1 aliphatic rings. The Labute approximate surface area is 209 Å². The lowest BCUT2D eigenvalue weighted by molar-refractivity contribution is 0.0958. The molecule has 1 aromatic heterocycles. The van der Waals surface area contributed by atoms with E-state index in [9.17, 15) is 21.6 Å². The standard InChI is InChI=1S/C26H22N2O6S2/c29-26(25-14-8-18-34-25)27-17-7-9-20-19-21(15-16-24(20)27)28(35(30,31)22-10-3-1-4-11-22)36(32,33)23-12-5-2-6-13-23/h1-6,8,10-16,18-19H,7,9,17H2. The summed E-state index contributed by atoms with van der Waals surface area (Å²) in [6.07, 6.45) is 2.59. The molecule has 0 spiro atoms. The van der Waals surface area contributed by atoms with Crippen molar-refractivity contribution < 1.29 is 26.0 Å². The largest absolute Gasteiger partial charge is 0.459 e. The minimum atomic E-state index is -4.50. The Kier molecular flexibility index (Phi) is 6.15. The maximum absolute atomic E-state index is 13.7. The van der Waals surface area contributed by atoms with Crippen molar-refractivity contribution in [2.45, 2.75) is 22.6 Å². The molecule has 0 N–H and O–H groups in total. The van der Waals surface area contributed by atoms with Crippen molar-refractivity contribution in [2.75, 3.05) is 15.2 Å². The average molecular weight is 523 g/mol. The van der Waals surface area contributed by atoms with Crippen LogP contribution in [0.15, 0.2) is 111 Å². The molecule has 2 heterocycles. The number of nitrogens with zero attached hydrogens (tertiary/aromatic N) is 2. The fourth-order valence-corrected chi connectivity index (χ4v) is 7.94. The number of carbonyl (C=O) groups is 1. The monoisotopic (exact) mass is 522 g/mol. The van der Waals surface area contributed by atoms with Crippen molar-refractivity contribution in [3.05, 3.63) is 109 Å². The zero-order valence-corrected chi connectivity index (χ0v) is 20.7. The van der Waals surface area contributed by atoms with Gasteiger partial charge in [-0.05, 0) is 73.0 Å². The third-order valence-electron chi connectivity index (χ3n) is 5.89. The van der Waals surface area contributed by atoms with E-state index >= 15 is 0 Å². The van der Waals surface area contributed by atoms with Gasteiger partial charge in [-0.15, -0.1) is 0 Å². The molecule has 0 aliphatic carbocycles. The number of carbonyl (C=O) groups excluding carboxylic acids is 1. The maximum Gasteiger partial charge on any atom is 0.293 e. The highest BCUT2D eigenvalue weighted by atomic mass is 32.3. The molecule has 0 fully saturated rings. The molecule has 0 atom stereocenters. The number of rotatable bonds is 6. The van der Waals surface area contributed by atoms with Gasteiger partial charge in [0.2, 0.25) is 0 Å². The van der Waals surface area contributed by atoms with Crippen LogP contribution in [-0.4, -0.2) is 29.3 Å². The lowest BCUT2D eigenvalue weighted by Crippen LogP contribution is -2.38. The van der Waals surface area contributed by atoms with Crippen LogP contribution in [-0.2, 0) is 26.5 Å². The quantitative estimate of drug-likeness (QED) is 0.370. The number of sulfonamides is 2. The van der Waals surface area contributed by atoms with Crippen LogP contribution in [0.5, 0.6) is 0 Å². The first-order valence-corrected chi connectivity index (χ1v) is 14.1. The van der Waals surface area contributed by atoms with Gasteiger partial charge in [0.05, 0.1) is 21.7 Å². The van der Waals surface area contributed by atoms with Crippen LogP contribution in [0.2, 0.25) is 0 Å². The van der Waals surface area contributed by atoms with E-state index in [0.717, 1.165) is 0 Å². The number of fused-ring (bicyclic) bond motifs is 1. The number of aryl methyl sites for hydroxylation is 1. The minimum absolute atomic E-state index is 0.0336. The number of furan rings is 1. The smallest absolute Gasteiger partial charge is 0.293 e. The van der Waals surface area contributed by atoms with Gasteiger partial charge in [-0.2, -0.15) is 3.71 Å². The third kappa shape index (κ3) is 4.18. The summed E-state index contributed by atoms with van der Waals surface area (Å²) in [5.41, 5.74) is 1.21. The molecule has 4 aromatic rings. The van der Waals surface area contributed by atoms with E-state index in [1.165, 1.54) is 66.9 Å². The second kappa shape index (κ2) is 9.29. The van der Waals surface area contributed by atoms with Crippen LogP contribution in [0.25, 0.3) is 0 Å². The van der Waals surface area contributed by atoms with Gasteiger partial charge in [-0.3, -0.25) is 4.79 Å². The van der Waals surface area contributed by atoms with Crippen LogP contribution >= 0.6 is 0 Å². The fraction of sp³-hybridized carbons (Fsp3) is 0.115. The van der Waals surface area contributed by atoms with Gasteiger partial charge in [0.25, 0.3) is 26.0 Å². The van der Waals surface area contributed by atoms with Crippen LogP contribution < -0.4 is 8.61 Å². The molecule has 1 amide bonds. The van der Waals surface area contributed by atoms with Crippen molar-refractivity contribution in [1.82, 2.24) is 0 Å². The SMILES string of the molecule is O=C(c1ccco1)N1CCCc2cc(N(S(=O)(=O)c3ccccc3)S(=O)(=O)c3ccccc3)ccc21. The minimum Gasteiger partial charge on any atom is -0.459 e. The summed E-state index contributed by atoms with van der Waals surface area (Å²) >= 11 is 0. The number of amides is 1. The van der Waals surface area contributed by atoms with Crippen molar-refractivity contribution >= 4 is 37.3 Å². The molecule has 0 bridgehead atoms. The zero-order chi connectivity index (χ0) is 25.3. The second-order valence-electron chi connectivity index (χ2n) is 8.18. The van der Waals surface area contributed by atoms with Crippen molar-refractivity contribution in [2.24, 2.45) is 0 Å². The van der Waals surface area contributed by atoms with Crippen LogP contribution in [0.4, 0.5) is 11.4 Å². The predicted molar refractivity (Wildman–Crippen MR) is 135 cm³/mol. The van der Waals surface area contributed by atoms with Crippen LogP contribution in [0.1, 0.15) is 22.5 Å². The van der Waals surface area contributed by atoms with E-state index in [2.05, 4.69) is 0 Å². The second-order valence-corrected chi connectivity index (χ2v) is 12.0.